The van der Waals surface area contributed by atoms with Crippen molar-refractivity contribution in [2.45, 2.75) is 33.2 Å². The minimum atomic E-state index is 0.323. The Balaban J connectivity index is 1.42. The highest BCUT2D eigenvalue weighted by atomic mass is 32.1. The summed E-state index contributed by atoms with van der Waals surface area (Å²) in [7, 11) is 0. The Morgan fingerprint density at radius 2 is 1.70 bits per heavy atom. The number of hydrogen-bond donors (Lipinski definition) is 1. The molecule has 0 amide bonds. The number of fused-ring (bicyclic) bond motifs is 1. The van der Waals surface area contributed by atoms with Crippen molar-refractivity contribution in [1.29, 1.82) is 0 Å². The predicted molar refractivity (Wildman–Crippen MR) is 124 cm³/mol. The largest absolute Gasteiger partial charge is 0.508 e. The highest BCUT2D eigenvalue weighted by molar-refractivity contribution is 7.18. The van der Waals surface area contributed by atoms with Crippen LogP contribution in [0.3, 0.4) is 0 Å². The van der Waals surface area contributed by atoms with Gasteiger partial charge in [0.1, 0.15) is 22.2 Å². The number of phenolic OH excluding ortho intramolecular Hbond substituents is 1. The lowest BCUT2D eigenvalue weighted by Crippen LogP contribution is -2.47. The van der Waals surface area contributed by atoms with Gasteiger partial charge in [0, 0.05) is 42.8 Å². The van der Waals surface area contributed by atoms with Gasteiger partial charge in [-0.05, 0) is 57.5 Å². The molecule has 0 unspecified atom stereocenters. The Morgan fingerprint density at radius 3 is 2.43 bits per heavy atom. The van der Waals surface area contributed by atoms with Crippen LogP contribution in [0.15, 0.2) is 24.3 Å². The zero-order valence-corrected chi connectivity index (χ0v) is 18.6. The molecule has 6 nitrogen and oxygen atoms in total. The molecule has 7 heteroatoms. The number of hydrogen-bond acceptors (Lipinski definition) is 7. The van der Waals surface area contributed by atoms with Gasteiger partial charge in [-0.2, -0.15) is 0 Å². The quantitative estimate of drug-likeness (QED) is 0.686. The fourth-order valence-corrected chi connectivity index (χ4v) is 5.62. The maximum atomic E-state index is 9.82. The first kappa shape index (κ1) is 19.6. The summed E-state index contributed by atoms with van der Waals surface area (Å²) in [5, 5.41) is 11.0. The van der Waals surface area contributed by atoms with Gasteiger partial charge in [0.15, 0.2) is 0 Å². The average molecular weight is 424 g/mol. The van der Waals surface area contributed by atoms with E-state index in [-0.39, 0.29) is 0 Å². The summed E-state index contributed by atoms with van der Waals surface area (Å²) >= 11 is 1.79. The summed E-state index contributed by atoms with van der Waals surface area (Å²) in [5.41, 5.74) is 2.40. The number of rotatable bonds is 4. The summed E-state index contributed by atoms with van der Waals surface area (Å²) in [6, 6.07) is 7.55. The van der Waals surface area contributed by atoms with Gasteiger partial charge >= 0.3 is 0 Å². The van der Waals surface area contributed by atoms with Crippen LogP contribution < -0.4 is 9.80 Å². The Labute approximate surface area is 181 Å². The topological polar surface area (TPSA) is 55.7 Å². The van der Waals surface area contributed by atoms with Crippen LogP contribution in [-0.2, 0) is 6.54 Å². The number of benzene rings is 1. The lowest BCUT2D eigenvalue weighted by Gasteiger charge is -2.37. The molecular formula is C23H29N5OS. The molecule has 1 aromatic carbocycles. The predicted octanol–water partition coefficient (Wildman–Crippen LogP) is 3.94. The van der Waals surface area contributed by atoms with Gasteiger partial charge in [0.05, 0.1) is 11.9 Å². The van der Waals surface area contributed by atoms with Crippen LogP contribution in [0.5, 0.6) is 5.75 Å². The van der Waals surface area contributed by atoms with Gasteiger partial charge < -0.3 is 14.9 Å². The van der Waals surface area contributed by atoms with E-state index < -0.39 is 0 Å². The van der Waals surface area contributed by atoms with Crippen molar-refractivity contribution >= 4 is 33.1 Å². The first-order valence-corrected chi connectivity index (χ1v) is 11.7. The third-order valence-electron chi connectivity index (χ3n) is 6.39. The number of likely N-dealkylation sites (tertiary alicyclic amines) is 1. The summed E-state index contributed by atoms with van der Waals surface area (Å²) in [4.78, 5) is 19.7. The number of aromatic hydroxyl groups is 1. The molecule has 0 spiro atoms. The minimum absolute atomic E-state index is 0.323. The molecule has 0 bridgehead atoms. The van der Waals surface area contributed by atoms with Crippen LogP contribution in [0, 0.1) is 13.8 Å². The SMILES string of the molecule is Cc1sc2nc(CN3CCCC3)nc(N3CCN(c4cccc(O)c4)CC3)c2c1C. The molecule has 2 fully saturated rings. The highest BCUT2D eigenvalue weighted by Gasteiger charge is 2.24. The van der Waals surface area contributed by atoms with Gasteiger partial charge in [0.2, 0.25) is 0 Å². The fourth-order valence-electron chi connectivity index (χ4n) is 4.58. The molecule has 158 valence electrons. The van der Waals surface area contributed by atoms with Gasteiger partial charge in [-0.25, -0.2) is 9.97 Å². The van der Waals surface area contributed by atoms with Crippen LogP contribution >= 0.6 is 11.3 Å². The molecule has 2 aliphatic heterocycles. The number of aromatic nitrogens is 2. The number of nitrogens with zero attached hydrogens (tertiary/aromatic N) is 5. The third kappa shape index (κ3) is 3.72. The van der Waals surface area contributed by atoms with E-state index in [9.17, 15) is 5.11 Å². The van der Waals surface area contributed by atoms with Gasteiger partial charge in [-0.15, -0.1) is 11.3 Å². The molecular weight excluding hydrogens is 394 g/mol. The maximum absolute atomic E-state index is 9.82. The van der Waals surface area contributed by atoms with Crippen molar-refractivity contribution in [1.82, 2.24) is 14.9 Å². The van der Waals surface area contributed by atoms with E-state index in [1.165, 1.54) is 28.7 Å². The summed E-state index contributed by atoms with van der Waals surface area (Å²) < 4.78 is 0. The van der Waals surface area contributed by atoms with E-state index in [0.29, 0.717) is 5.75 Å². The number of thiophene rings is 1. The summed E-state index contributed by atoms with van der Waals surface area (Å²) in [6.07, 6.45) is 2.56. The van der Waals surface area contributed by atoms with Crippen molar-refractivity contribution in [3.8, 4) is 5.75 Å². The van der Waals surface area contributed by atoms with E-state index in [0.717, 1.165) is 68.0 Å². The zero-order valence-electron chi connectivity index (χ0n) is 17.8. The highest BCUT2D eigenvalue weighted by Crippen LogP contribution is 2.36. The molecule has 2 aromatic heterocycles. The monoisotopic (exact) mass is 423 g/mol. The first-order chi connectivity index (χ1) is 14.6. The Kier molecular flexibility index (Phi) is 5.25. The number of piperazine rings is 1. The lowest BCUT2D eigenvalue weighted by molar-refractivity contribution is 0.323. The fraction of sp³-hybridized carbons (Fsp3) is 0.478. The van der Waals surface area contributed by atoms with Crippen LogP contribution in [0.4, 0.5) is 11.5 Å². The Hall–Kier alpha value is -2.38. The number of aryl methyl sites for hydroxylation is 2. The molecule has 2 aliphatic rings. The molecule has 1 N–H and O–H groups in total. The molecule has 4 heterocycles. The zero-order chi connectivity index (χ0) is 20.7. The van der Waals surface area contributed by atoms with E-state index in [2.05, 4.69) is 34.6 Å². The molecule has 0 radical (unpaired) electrons. The Morgan fingerprint density at radius 1 is 0.967 bits per heavy atom. The van der Waals surface area contributed by atoms with Crippen molar-refractivity contribution in [2.24, 2.45) is 0 Å². The van der Waals surface area contributed by atoms with E-state index in [1.807, 2.05) is 12.1 Å². The lowest BCUT2D eigenvalue weighted by atomic mass is 10.2. The molecule has 0 saturated carbocycles. The number of phenols is 1. The van der Waals surface area contributed by atoms with E-state index >= 15 is 0 Å². The van der Waals surface area contributed by atoms with Crippen molar-refractivity contribution in [3.63, 3.8) is 0 Å². The average Bonchev–Trinajstić information content (AvgIpc) is 3.35. The number of anilines is 2. The second kappa shape index (κ2) is 8.04. The molecule has 2 saturated heterocycles. The summed E-state index contributed by atoms with van der Waals surface area (Å²) in [5.74, 6) is 2.38. The van der Waals surface area contributed by atoms with Crippen molar-refractivity contribution < 1.29 is 5.11 Å². The van der Waals surface area contributed by atoms with Crippen LogP contribution in [0.25, 0.3) is 10.2 Å². The van der Waals surface area contributed by atoms with Gasteiger partial charge in [-0.1, -0.05) is 6.07 Å². The molecule has 3 aromatic rings. The minimum Gasteiger partial charge on any atom is -0.508 e. The van der Waals surface area contributed by atoms with E-state index in [4.69, 9.17) is 9.97 Å². The molecule has 30 heavy (non-hydrogen) atoms. The third-order valence-corrected chi connectivity index (χ3v) is 7.49. The second-order valence-corrected chi connectivity index (χ2v) is 9.61. The maximum Gasteiger partial charge on any atom is 0.146 e. The standard InChI is InChI=1S/C23H29N5OS/c1-16-17(2)30-23-21(16)22(24-20(25-23)15-26-8-3-4-9-26)28-12-10-27(11-13-28)18-6-5-7-19(29)14-18/h5-7,14,29H,3-4,8-13,15H2,1-2H3. The molecule has 0 aliphatic carbocycles. The second-order valence-electron chi connectivity index (χ2n) is 8.40. The van der Waals surface area contributed by atoms with Gasteiger partial charge in [-0.3, -0.25) is 4.90 Å². The Bertz CT molecular complexity index is 1050. The molecule has 5 rings (SSSR count). The van der Waals surface area contributed by atoms with Gasteiger partial charge in [0.25, 0.3) is 0 Å². The van der Waals surface area contributed by atoms with Crippen LogP contribution in [-0.4, -0.2) is 59.2 Å². The van der Waals surface area contributed by atoms with E-state index in [1.54, 1.807) is 17.4 Å². The van der Waals surface area contributed by atoms with Crippen LogP contribution in [0.2, 0.25) is 0 Å². The smallest absolute Gasteiger partial charge is 0.146 e. The van der Waals surface area contributed by atoms with Crippen molar-refractivity contribution in [2.75, 3.05) is 49.1 Å². The van der Waals surface area contributed by atoms with Crippen molar-refractivity contribution in [3.05, 3.63) is 40.5 Å². The normalized spacial score (nSPS) is 17.9. The summed E-state index contributed by atoms with van der Waals surface area (Å²) in [6.45, 7) is 11.2. The first-order valence-electron chi connectivity index (χ1n) is 10.9. The molecule has 0 atom stereocenters. The van der Waals surface area contributed by atoms with Crippen LogP contribution in [0.1, 0.15) is 29.1 Å².